The van der Waals surface area contributed by atoms with Crippen LogP contribution in [-0.2, 0) is 11.2 Å². The fourth-order valence-electron chi connectivity index (χ4n) is 3.24. The van der Waals surface area contributed by atoms with Gasteiger partial charge in [-0.1, -0.05) is 54.7 Å². The third-order valence-electron chi connectivity index (χ3n) is 4.57. The third-order valence-corrected chi connectivity index (χ3v) is 6.56. The van der Waals surface area contributed by atoms with E-state index in [-0.39, 0.29) is 17.2 Å². The number of thioether (sulfide) groups is 1. The number of anilines is 2. The minimum atomic E-state index is -0.130. The summed E-state index contributed by atoms with van der Waals surface area (Å²) in [5, 5.41) is 0.473. The number of rotatable bonds is 4. The van der Waals surface area contributed by atoms with Gasteiger partial charge in [-0.15, -0.1) is 0 Å². The maximum absolute atomic E-state index is 13.2. The molecule has 1 amide bonds. The Morgan fingerprint density at radius 2 is 1.71 bits per heavy atom. The number of carbonyl (C=O) groups excluding carboxylic acids is 1. The molecule has 1 aliphatic heterocycles. The Labute approximate surface area is 171 Å². The van der Waals surface area contributed by atoms with Crippen LogP contribution in [0.1, 0.15) is 18.2 Å². The number of aryl methyl sites for hydroxylation is 1. The first-order valence-electron chi connectivity index (χ1n) is 9.00. The van der Waals surface area contributed by atoms with Crippen LogP contribution in [0.2, 0.25) is 0 Å². The van der Waals surface area contributed by atoms with Crippen molar-refractivity contribution in [3.63, 3.8) is 0 Å². The Morgan fingerprint density at radius 1 is 1.11 bits per heavy atom. The lowest BCUT2D eigenvalue weighted by Crippen LogP contribution is -2.30. The molecule has 0 aliphatic carbocycles. The van der Waals surface area contributed by atoms with Gasteiger partial charge in [-0.25, -0.2) is 4.98 Å². The molecule has 2 heterocycles. The van der Waals surface area contributed by atoms with Gasteiger partial charge in [0, 0.05) is 21.0 Å². The van der Waals surface area contributed by atoms with E-state index in [0.717, 1.165) is 21.2 Å². The van der Waals surface area contributed by atoms with E-state index < -0.39 is 0 Å². The highest BCUT2D eigenvalue weighted by atomic mass is 32.2. The minimum Gasteiger partial charge on any atom is -0.301 e. The molecule has 3 aromatic rings. The number of para-hydroxylation sites is 2. The van der Waals surface area contributed by atoms with E-state index in [4.69, 9.17) is 0 Å². The SMILES string of the molecule is CCc1c(C)nc(SCC(=O)N2c3ccccc3Sc3ccccc32)[nH]c1=O. The molecule has 1 aromatic heterocycles. The number of fused-ring (bicyclic) bond motifs is 2. The second-order valence-electron chi connectivity index (χ2n) is 6.34. The zero-order chi connectivity index (χ0) is 19.7. The van der Waals surface area contributed by atoms with E-state index in [2.05, 4.69) is 9.97 Å². The fraction of sp³-hybridized carbons (Fsp3) is 0.190. The number of H-pyrrole nitrogens is 1. The molecule has 1 aliphatic rings. The van der Waals surface area contributed by atoms with Gasteiger partial charge in [0.25, 0.3) is 5.56 Å². The van der Waals surface area contributed by atoms with Crippen molar-refractivity contribution in [2.45, 2.75) is 35.2 Å². The van der Waals surface area contributed by atoms with Crippen molar-refractivity contribution >= 4 is 40.8 Å². The molecule has 5 nitrogen and oxygen atoms in total. The number of carbonyl (C=O) groups is 1. The summed E-state index contributed by atoms with van der Waals surface area (Å²) in [5.74, 6) is 0.131. The topological polar surface area (TPSA) is 66.1 Å². The van der Waals surface area contributed by atoms with Crippen molar-refractivity contribution in [3.05, 3.63) is 70.1 Å². The summed E-state index contributed by atoms with van der Waals surface area (Å²) in [7, 11) is 0. The Bertz CT molecular complexity index is 1070. The van der Waals surface area contributed by atoms with Crippen LogP contribution >= 0.6 is 23.5 Å². The van der Waals surface area contributed by atoms with Gasteiger partial charge in [0.2, 0.25) is 5.91 Å². The van der Waals surface area contributed by atoms with E-state index in [1.54, 1.807) is 16.7 Å². The van der Waals surface area contributed by atoms with Crippen LogP contribution < -0.4 is 10.5 Å². The van der Waals surface area contributed by atoms with Crippen molar-refractivity contribution in [1.29, 1.82) is 0 Å². The first-order chi connectivity index (χ1) is 13.6. The molecule has 2 aromatic carbocycles. The number of aromatic amines is 1. The Hall–Kier alpha value is -2.51. The quantitative estimate of drug-likeness (QED) is 0.505. The highest BCUT2D eigenvalue weighted by molar-refractivity contribution is 8.00. The summed E-state index contributed by atoms with van der Waals surface area (Å²) in [6, 6.07) is 15.8. The second kappa shape index (κ2) is 7.85. The predicted molar refractivity (Wildman–Crippen MR) is 114 cm³/mol. The van der Waals surface area contributed by atoms with Gasteiger partial charge in [-0.3, -0.25) is 14.5 Å². The van der Waals surface area contributed by atoms with Crippen LogP contribution in [0.3, 0.4) is 0 Å². The van der Waals surface area contributed by atoms with Crippen LogP contribution in [0.15, 0.2) is 68.3 Å². The molecule has 0 bridgehead atoms. The molecule has 0 saturated heterocycles. The van der Waals surface area contributed by atoms with E-state index >= 15 is 0 Å². The van der Waals surface area contributed by atoms with Crippen LogP contribution in [0.4, 0.5) is 11.4 Å². The van der Waals surface area contributed by atoms with Gasteiger partial charge in [0.1, 0.15) is 0 Å². The maximum atomic E-state index is 13.2. The molecule has 142 valence electrons. The normalized spacial score (nSPS) is 12.4. The summed E-state index contributed by atoms with van der Waals surface area (Å²) in [6.07, 6.45) is 0.636. The number of amides is 1. The zero-order valence-corrected chi connectivity index (χ0v) is 17.2. The zero-order valence-electron chi connectivity index (χ0n) is 15.6. The number of nitrogens with zero attached hydrogens (tertiary/aromatic N) is 2. The second-order valence-corrected chi connectivity index (χ2v) is 8.39. The van der Waals surface area contributed by atoms with Crippen molar-refractivity contribution in [2.75, 3.05) is 10.7 Å². The summed E-state index contributed by atoms with van der Waals surface area (Å²) < 4.78 is 0. The van der Waals surface area contributed by atoms with Crippen LogP contribution in [0.25, 0.3) is 0 Å². The van der Waals surface area contributed by atoms with Gasteiger partial charge in [-0.05, 0) is 37.6 Å². The van der Waals surface area contributed by atoms with Gasteiger partial charge < -0.3 is 4.98 Å². The average molecular weight is 410 g/mol. The Balaban J connectivity index is 1.62. The van der Waals surface area contributed by atoms with E-state index in [0.29, 0.717) is 22.8 Å². The van der Waals surface area contributed by atoms with Crippen molar-refractivity contribution < 1.29 is 4.79 Å². The molecular formula is C21H19N3O2S2. The van der Waals surface area contributed by atoms with E-state index in [1.807, 2.05) is 62.4 Å². The van der Waals surface area contributed by atoms with Crippen LogP contribution in [-0.4, -0.2) is 21.6 Å². The monoisotopic (exact) mass is 409 g/mol. The van der Waals surface area contributed by atoms with Gasteiger partial charge in [-0.2, -0.15) is 0 Å². The van der Waals surface area contributed by atoms with Crippen molar-refractivity contribution in [1.82, 2.24) is 9.97 Å². The lowest BCUT2D eigenvalue weighted by atomic mass is 10.2. The number of aromatic nitrogens is 2. The number of benzene rings is 2. The van der Waals surface area contributed by atoms with Gasteiger partial charge in [0.05, 0.1) is 17.1 Å². The number of nitrogens with one attached hydrogen (secondary N) is 1. The van der Waals surface area contributed by atoms with E-state index in [9.17, 15) is 9.59 Å². The molecule has 1 N–H and O–H groups in total. The molecule has 7 heteroatoms. The summed E-state index contributed by atoms with van der Waals surface area (Å²) in [6.45, 7) is 3.76. The van der Waals surface area contributed by atoms with Crippen LogP contribution in [0, 0.1) is 6.92 Å². The van der Waals surface area contributed by atoms with E-state index in [1.165, 1.54) is 11.8 Å². The van der Waals surface area contributed by atoms with Crippen LogP contribution in [0.5, 0.6) is 0 Å². The Kier molecular flexibility index (Phi) is 5.28. The number of hydrogen-bond acceptors (Lipinski definition) is 5. The minimum absolute atomic E-state index is 0.0509. The van der Waals surface area contributed by atoms with Crippen molar-refractivity contribution in [2.24, 2.45) is 0 Å². The van der Waals surface area contributed by atoms with Gasteiger partial charge in [0.15, 0.2) is 5.16 Å². The highest BCUT2D eigenvalue weighted by Crippen LogP contribution is 2.48. The summed E-state index contributed by atoms with van der Waals surface area (Å²) in [4.78, 5) is 36.4. The molecule has 0 atom stereocenters. The first-order valence-corrected chi connectivity index (χ1v) is 10.8. The summed E-state index contributed by atoms with van der Waals surface area (Å²) >= 11 is 2.92. The average Bonchev–Trinajstić information content (AvgIpc) is 2.70. The molecular weight excluding hydrogens is 390 g/mol. The van der Waals surface area contributed by atoms with Crippen molar-refractivity contribution in [3.8, 4) is 0 Å². The fourth-order valence-corrected chi connectivity index (χ4v) is 5.05. The molecule has 0 saturated carbocycles. The summed E-state index contributed by atoms with van der Waals surface area (Å²) in [5.41, 5.74) is 3.04. The lowest BCUT2D eigenvalue weighted by molar-refractivity contribution is -0.115. The molecule has 28 heavy (non-hydrogen) atoms. The third kappa shape index (κ3) is 3.47. The largest absolute Gasteiger partial charge is 0.301 e. The first kappa shape index (κ1) is 18.8. The van der Waals surface area contributed by atoms with Gasteiger partial charge >= 0.3 is 0 Å². The maximum Gasteiger partial charge on any atom is 0.254 e. The Morgan fingerprint density at radius 3 is 2.29 bits per heavy atom. The predicted octanol–water partition coefficient (Wildman–Crippen LogP) is 4.56. The standard InChI is InChI=1S/C21H19N3O2S2/c1-3-14-13(2)22-21(23-20(14)26)27-12-19(25)24-15-8-4-6-10-17(15)28-18-11-7-5-9-16(18)24/h4-11H,3,12H2,1-2H3,(H,22,23,26). The molecule has 0 unspecified atom stereocenters. The smallest absolute Gasteiger partial charge is 0.254 e. The lowest BCUT2D eigenvalue weighted by Gasteiger charge is -2.30. The highest BCUT2D eigenvalue weighted by Gasteiger charge is 2.27. The molecule has 4 rings (SSSR count). The molecule has 0 radical (unpaired) electrons. The molecule has 0 fully saturated rings. The number of hydrogen-bond donors (Lipinski definition) is 1. The molecule has 0 spiro atoms.